The van der Waals surface area contributed by atoms with E-state index in [9.17, 15) is 5.11 Å². The van der Waals surface area contributed by atoms with Gasteiger partial charge in [-0.05, 0) is 43.6 Å². The fourth-order valence-corrected chi connectivity index (χ4v) is 4.50. The first kappa shape index (κ1) is 17.6. The van der Waals surface area contributed by atoms with Gasteiger partial charge >= 0.3 is 0 Å². The highest BCUT2D eigenvalue weighted by molar-refractivity contribution is 5.72. The van der Waals surface area contributed by atoms with Crippen LogP contribution >= 0.6 is 0 Å². The highest BCUT2D eigenvalue weighted by Gasteiger charge is 2.44. The van der Waals surface area contributed by atoms with Gasteiger partial charge in [-0.15, -0.1) is 0 Å². The Hall–Kier alpha value is -2.48. The van der Waals surface area contributed by atoms with Gasteiger partial charge in [0.25, 0.3) is 0 Å². The second kappa shape index (κ2) is 7.16. The highest BCUT2D eigenvalue weighted by Crippen LogP contribution is 2.35. The van der Waals surface area contributed by atoms with Crippen LogP contribution in [0.4, 0.5) is 0 Å². The lowest BCUT2D eigenvalue weighted by Crippen LogP contribution is -2.58. The van der Waals surface area contributed by atoms with Crippen LogP contribution in [0.2, 0.25) is 0 Å². The molecule has 5 heterocycles. The summed E-state index contributed by atoms with van der Waals surface area (Å²) >= 11 is 0. The summed E-state index contributed by atoms with van der Waals surface area (Å²) < 4.78 is 0. The van der Waals surface area contributed by atoms with Crippen molar-refractivity contribution in [1.29, 1.82) is 0 Å². The van der Waals surface area contributed by atoms with Crippen LogP contribution in [0.5, 0.6) is 0 Å². The molecule has 0 aliphatic carbocycles. The molecule has 1 aromatic carbocycles. The summed E-state index contributed by atoms with van der Waals surface area (Å²) in [5.41, 5.74) is 3.31. The molecule has 0 spiro atoms. The Morgan fingerprint density at radius 2 is 1.89 bits per heavy atom. The number of aromatic nitrogens is 1. The highest BCUT2D eigenvalue weighted by atomic mass is 16.3. The van der Waals surface area contributed by atoms with Crippen molar-refractivity contribution in [3.63, 3.8) is 0 Å². The number of aliphatic hydroxyl groups is 1. The maximum absolute atomic E-state index is 11.1. The van der Waals surface area contributed by atoms with E-state index in [2.05, 4.69) is 58.1 Å². The summed E-state index contributed by atoms with van der Waals surface area (Å²) in [6, 6.07) is 14.5. The van der Waals surface area contributed by atoms with Crippen LogP contribution in [0.15, 0.2) is 47.5 Å². The van der Waals surface area contributed by atoms with Crippen molar-refractivity contribution in [1.82, 2.24) is 9.88 Å². The number of hydrogen-bond acceptors (Lipinski definition) is 4. The monoisotopic (exact) mass is 371 g/mol. The predicted molar refractivity (Wildman–Crippen MR) is 111 cm³/mol. The van der Waals surface area contributed by atoms with Crippen molar-refractivity contribution in [2.75, 3.05) is 26.2 Å². The minimum atomic E-state index is -0.889. The SMILES string of the molecule is O[C@]1(C#Cc2ccc(C3C=NC3)nc2Cc2ccccc2)CN2CCC1CC2. The van der Waals surface area contributed by atoms with E-state index in [1.807, 2.05) is 12.3 Å². The maximum Gasteiger partial charge on any atom is 0.141 e. The van der Waals surface area contributed by atoms with Crippen LogP contribution in [-0.4, -0.2) is 53.0 Å². The number of aliphatic imine (C=N–C) groups is 1. The second-order valence-corrected chi connectivity index (χ2v) is 8.24. The van der Waals surface area contributed by atoms with Crippen LogP contribution in [0.1, 0.15) is 41.3 Å². The average molecular weight is 371 g/mol. The molecule has 6 rings (SSSR count). The molecular weight excluding hydrogens is 346 g/mol. The quantitative estimate of drug-likeness (QED) is 0.844. The van der Waals surface area contributed by atoms with Crippen LogP contribution in [0.25, 0.3) is 0 Å². The van der Waals surface area contributed by atoms with Crippen molar-refractivity contribution in [2.24, 2.45) is 10.9 Å². The normalized spacial score (nSPS) is 30.4. The van der Waals surface area contributed by atoms with E-state index >= 15 is 0 Å². The molecule has 4 heteroatoms. The van der Waals surface area contributed by atoms with E-state index in [-0.39, 0.29) is 0 Å². The molecule has 28 heavy (non-hydrogen) atoms. The minimum Gasteiger partial charge on any atom is -0.376 e. The Balaban J connectivity index is 1.47. The third kappa shape index (κ3) is 3.37. The lowest BCUT2D eigenvalue weighted by atomic mass is 9.75. The van der Waals surface area contributed by atoms with Gasteiger partial charge in [0.1, 0.15) is 5.60 Å². The smallest absolute Gasteiger partial charge is 0.141 e. The zero-order chi connectivity index (χ0) is 19.0. The van der Waals surface area contributed by atoms with Crippen molar-refractivity contribution < 1.29 is 5.11 Å². The van der Waals surface area contributed by atoms with Gasteiger partial charge in [-0.3, -0.25) is 14.9 Å². The Bertz CT molecular complexity index is 951. The molecule has 4 aliphatic rings. The van der Waals surface area contributed by atoms with Crippen LogP contribution in [0, 0.1) is 17.8 Å². The average Bonchev–Trinajstić information content (AvgIpc) is 2.68. The topological polar surface area (TPSA) is 48.7 Å². The second-order valence-electron chi connectivity index (χ2n) is 8.24. The number of benzene rings is 1. The Morgan fingerprint density at radius 3 is 2.54 bits per heavy atom. The molecule has 1 unspecified atom stereocenters. The lowest BCUT2D eigenvalue weighted by molar-refractivity contribution is -0.0713. The van der Waals surface area contributed by atoms with Gasteiger partial charge in [0.05, 0.1) is 23.9 Å². The molecule has 2 aromatic rings. The number of pyridine rings is 1. The van der Waals surface area contributed by atoms with Gasteiger partial charge in [0.2, 0.25) is 0 Å². The molecule has 0 radical (unpaired) electrons. The first-order valence-electron chi connectivity index (χ1n) is 10.2. The summed E-state index contributed by atoms with van der Waals surface area (Å²) in [6.45, 7) is 3.67. The van der Waals surface area contributed by atoms with Gasteiger partial charge in [-0.2, -0.15) is 0 Å². The summed E-state index contributed by atoms with van der Waals surface area (Å²) in [7, 11) is 0. The van der Waals surface area contributed by atoms with Gasteiger partial charge in [0.15, 0.2) is 0 Å². The van der Waals surface area contributed by atoms with E-state index in [1.165, 1.54) is 5.56 Å². The first-order chi connectivity index (χ1) is 13.7. The third-order valence-electron chi connectivity index (χ3n) is 6.32. The molecule has 4 aliphatic heterocycles. The summed E-state index contributed by atoms with van der Waals surface area (Å²) in [5, 5.41) is 11.1. The third-order valence-corrected chi connectivity index (χ3v) is 6.32. The zero-order valence-corrected chi connectivity index (χ0v) is 16.0. The lowest BCUT2D eigenvalue weighted by Gasteiger charge is -2.47. The molecule has 2 atom stereocenters. The Labute approximate surface area is 166 Å². The van der Waals surface area contributed by atoms with E-state index < -0.39 is 5.60 Å². The van der Waals surface area contributed by atoms with Crippen LogP contribution in [-0.2, 0) is 6.42 Å². The molecule has 0 saturated carbocycles. The van der Waals surface area contributed by atoms with E-state index in [4.69, 9.17) is 4.98 Å². The largest absolute Gasteiger partial charge is 0.376 e. The molecule has 3 fully saturated rings. The fourth-order valence-electron chi connectivity index (χ4n) is 4.50. The number of piperidine rings is 3. The van der Waals surface area contributed by atoms with Crippen LogP contribution in [0.3, 0.4) is 0 Å². The summed E-state index contributed by atoms with van der Waals surface area (Å²) in [6.07, 6.45) is 4.80. The molecule has 2 bridgehead atoms. The summed E-state index contributed by atoms with van der Waals surface area (Å²) in [5.74, 6) is 7.17. The standard InChI is InChI=1S/C24H25N3O/c28-24(17-27-12-9-21(24)10-13-27)11-8-19-6-7-22(20-15-25-16-20)26-23(19)14-18-4-2-1-3-5-18/h1-7,15,20-21,28H,9-10,12-14,16-17H2/t20?,24-/m1/s1. The van der Waals surface area contributed by atoms with Crippen molar-refractivity contribution >= 4 is 6.21 Å². The van der Waals surface area contributed by atoms with Gasteiger partial charge in [-0.1, -0.05) is 42.2 Å². The molecule has 0 amide bonds. The van der Waals surface area contributed by atoms with Crippen molar-refractivity contribution in [3.05, 3.63) is 65.0 Å². The maximum atomic E-state index is 11.1. The molecule has 4 nitrogen and oxygen atoms in total. The fraction of sp³-hybridized carbons (Fsp3) is 0.417. The van der Waals surface area contributed by atoms with Crippen LogP contribution < -0.4 is 0 Å². The van der Waals surface area contributed by atoms with E-state index in [0.717, 1.165) is 55.8 Å². The number of nitrogens with zero attached hydrogens (tertiary/aromatic N) is 3. The van der Waals surface area contributed by atoms with Gasteiger partial charge < -0.3 is 5.11 Å². The Morgan fingerprint density at radius 1 is 1.11 bits per heavy atom. The molecule has 142 valence electrons. The van der Waals surface area contributed by atoms with Crippen molar-refractivity contribution in [3.8, 4) is 11.8 Å². The summed E-state index contributed by atoms with van der Waals surface area (Å²) in [4.78, 5) is 11.5. The van der Waals surface area contributed by atoms with Crippen molar-refractivity contribution in [2.45, 2.75) is 30.8 Å². The first-order valence-corrected chi connectivity index (χ1v) is 10.2. The van der Waals surface area contributed by atoms with Gasteiger partial charge in [-0.25, -0.2) is 0 Å². The molecular formula is C24H25N3O. The predicted octanol–water partition coefficient (Wildman–Crippen LogP) is 2.65. The molecule has 1 aromatic heterocycles. The van der Waals surface area contributed by atoms with Gasteiger partial charge in [0, 0.05) is 30.7 Å². The number of fused-ring (bicyclic) bond motifs is 3. The molecule has 1 N–H and O–H groups in total. The number of hydrogen-bond donors (Lipinski definition) is 1. The Kier molecular flexibility index (Phi) is 4.50. The van der Waals surface area contributed by atoms with E-state index in [1.54, 1.807) is 0 Å². The molecule has 3 saturated heterocycles. The minimum absolute atomic E-state index is 0.293. The number of rotatable bonds is 3. The van der Waals surface area contributed by atoms with E-state index in [0.29, 0.717) is 18.4 Å². The zero-order valence-electron chi connectivity index (χ0n) is 16.0.